The summed E-state index contributed by atoms with van der Waals surface area (Å²) in [6, 6.07) is -5.09. The maximum Gasteiger partial charge on any atom is 1.00 e. The maximum atomic E-state index is 10.3. The summed E-state index contributed by atoms with van der Waals surface area (Å²) >= 11 is 0. The largest absolute Gasteiger partial charge is 1.00 e. The van der Waals surface area contributed by atoms with E-state index in [0.29, 0.717) is 19.4 Å². The fraction of sp³-hybridized carbons (Fsp3) is 0.686. The second-order valence-electron chi connectivity index (χ2n) is 13.4. The molecule has 0 bridgehead atoms. The van der Waals surface area contributed by atoms with Gasteiger partial charge >= 0.3 is 83.3 Å². The van der Waals surface area contributed by atoms with Gasteiger partial charge in [0.15, 0.2) is 11.6 Å². The van der Waals surface area contributed by atoms with Crippen molar-refractivity contribution in [1.29, 1.82) is 5.41 Å². The molecule has 0 aliphatic heterocycles. The van der Waals surface area contributed by atoms with Gasteiger partial charge in [0.25, 0.3) is 0 Å². The van der Waals surface area contributed by atoms with Gasteiger partial charge in [-0.15, -0.1) is 0 Å². The summed E-state index contributed by atoms with van der Waals surface area (Å²) in [6.45, 7) is 5.47. The SMILES string of the molecule is CC(O)C(=O)[O-].CC(O)C(N)C(=O)O.CCC(C)C(N)C(=O)O.N=C(N)NCCCC(N)C(=O)O.NC(CC(=O)O)C(=O)O.NC(CO)C(=O)O.O=C(O)CC(O)(CC(=O)O)C(=O)O.OCC(O)CO.[Na+]. The number of aliphatic carboxylic acids is 10. The van der Waals surface area contributed by atoms with Crippen LogP contribution >= 0.6 is 0 Å². The number of carboxylic acids is 10. The summed E-state index contributed by atoms with van der Waals surface area (Å²) in [5.74, 6) is -13.3. The van der Waals surface area contributed by atoms with E-state index in [4.69, 9.17) is 122 Å². The fourth-order valence-corrected chi connectivity index (χ4v) is 2.50. The first-order valence-electron chi connectivity index (χ1n) is 19.3. The molecule has 71 heavy (non-hydrogen) atoms. The Bertz CT molecular complexity index is 1530. The van der Waals surface area contributed by atoms with Gasteiger partial charge in [-0.1, -0.05) is 20.3 Å². The topological polar surface area (TPSA) is 709 Å². The van der Waals surface area contributed by atoms with Crippen LogP contribution in [0.1, 0.15) is 66.2 Å². The molecular weight excluding hydrogens is 987 g/mol. The minimum atomic E-state index is -2.74. The minimum Gasteiger partial charge on any atom is -0.547 e. The third-order valence-corrected chi connectivity index (χ3v) is 6.95. The molecule has 8 atom stereocenters. The van der Waals surface area contributed by atoms with Gasteiger partial charge in [0, 0.05) is 6.54 Å². The first-order valence-corrected chi connectivity index (χ1v) is 19.3. The van der Waals surface area contributed by atoms with Crippen molar-refractivity contribution < 1.29 is 164 Å². The number of aliphatic hydroxyl groups is 7. The molecule has 0 spiro atoms. The molecule has 35 nitrogen and oxygen atoms in total. The van der Waals surface area contributed by atoms with Crippen LogP contribution in [-0.2, 0) is 47.9 Å². The predicted octanol–water partition coefficient (Wildman–Crippen LogP) is -12.6. The van der Waals surface area contributed by atoms with E-state index in [2.05, 4.69) is 5.32 Å². The fourth-order valence-electron chi connectivity index (χ4n) is 2.50. The van der Waals surface area contributed by atoms with Gasteiger partial charge in [-0.3, -0.25) is 43.8 Å². The number of guanidine groups is 1. The Kier molecular flexibility index (Phi) is 61.1. The molecule has 414 valence electrons. The summed E-state index contributed by atoms with van der Waals surface area (Å²) < 4.78 is 0. The predicted molar refractivity (Wildman–Crippen MR) is 232 cm³/mol. The summed E-state index contributed by atoms with van der Waals surface area (Å²) in [6.07, 6.45) is -4.31. The van der Waals surface area contributed by atoms with Crippen molar-refractivity contribution in [3.63, 3.8) is 0 Å². The van der Waals surface area contributed by atoms with Gasteiger partial charge in [0.1, 0.15) is 36.3 Å². The number of nitrogens with one attached hydrogen (secondary N) is 2. The Morgan fingerprint density at radius 3 is 1.08 bits per heavy atom. The Hall–Kier alpha value is -5.51. The van der Waals surface area contributed by atoms with Crippen molar-refractivity contribution in [2.45, 2.75) is 120 Å². The Morgan fingerprint density at radius 2 is 0.958 bits per heavy atom. The van der Waals surface area contributed by atoms with Crippen LogP contribution in [0.15, 0.2) is 0 Å². The normalized spacial score (nSPS) is 13.0. The van der Waals surface area contributed by atoms with Crippen LogP contribution in [0.4, 0.5) is 0 Å². The number of hydrogen-bond acceptors (Lipinski definition) is 24. The number of carboxylic acid groups (broad SMARTS) is 10. The van der Waals surface area contributed by atoms with Crippen molar-refractivity contribution in [3.05, 3.63) is 0 Å². The van der Waals surface area contributed by atoms with Gasteiger partial charge in [-0.2, -0.15) is 0 Å². The van der Waals surface area contributed by atoms with Crippen LogP contribution in [0, 0.1) is 11.3 Å². The Labute approximate surface area is 426 Å². The monoisotopic (exact) mass is 1060 g/mol. The van der Waals surface area contributed by atoms with Crippen molar-refractivity contribution in [2.24, 2.45) is 40.3 Å². The van der Waals surface area contributed by atoms with E-state index in [1.165, 1.54) is 6.92 Å². The molecule has 0 saturated carbocycles. The van der Waals surface area contributed by atoms with Crippen molar-refractivity contribution >= 4 is 65.7 Å². The molecule has 0 heterocycles. The average molecular weight is 1060 g/mol. The summed E-state index contributed by atoms with van der Waals surface area (Å²) in [5.41, 5.74) is 27.3. The third-order valence-electron chi connectivity index (χ3n) is 6.95. The number of hydrogen-bond donors (Lipinski definition) is 24. The molecule has 0 aromatic heterocycles. The van der Waals surface area contributed by atoms with Crippen LogP contribution < -0.4 is 74.4 Å². The van der Waals surface area contributed by atoms with E-state index in [1.807, 2.05) is 13.8 Å². The van der Waals surface area contributed by atoms with Crippen LogP contribution in [-0.4, -0.2) is 228 Å². The van der Waals surface area contributed by atoms with E-state index in [0.717, 1.165) is 13.3 Å². The Morgan fingerprint density at radius 1 is 0.606 bits per heavy atom. The second-order valence-corrected chi connectivity index (χ2v) is 13.4. The van der Waals surface area contributed by atoms with Crippen molar-refractivity contribution in [1.82, 2.24) is 5.32 Å². The van der Waals surface area contributed by atoms with E-state index in [-0.39, 0.29) is 54.6 Å². The van der Waals surface area contributed by atoms with Crippen LogP contribution in [0.3, 0.4) is 0 Å². The van der Waals surface area contributed by atoms with Crippen LogP contribution in [0.5, 0.6) is 0 Å². The minimum absolute atomic E-state index is 0. The molecule has 0 saturated heterocycles. The zero-order chi connectivity index (χ0) is 57.8. The van der Waals surface area contributed by atoms with Crippen LogP contribution in [0.2, 0.25) is 0 Å². The molecule has 0 aliphatic rings. The third kappa shape index (κ3) is 66.6. The summed E-state index contributed by atoms with van der Waals surface area (Å²) in [4.78, 5) is 99.3. The molecule has 30 N–H and O–H groups in total. The zero-order valence-electron chi connectivity index (χ0n) is 39.4. The maximum absolute atomic E-state index is 10.3. The molecule has 36 heteroatoms. The number of rotatable bonds is 23. The average Bonchev–Trinajstić information content (AvgIpc) is 3.23. The molecule has 0 aliphatic carbocycles. The number of nitrogens with two attached hydrogens (primary N) is 6. The molecular formula is C35H71N8NaO27. The van der Waals surface area contributed by atoms with Crippen molar-refractivity contribution in [3.8, 4) is 0 Å². The molecule has 0 aromatic rings. The second kappa shape index (κ2) is 50.9. The zero-order valence-corrected chi connectivity index (χ0v) is 41.4. The molecule has 0 fully saturated rings. The Balaban J connectivity index is -0.0000000895. The van der Waals surface area contributed by atoms with Gasteiger partial charge < -0.3 is 131 Å². The van der Waals surface area contributed by atoms with E-state index >= 15 is 0 Å². The van der Waals surface area contributed by atoms with Gasteiger partial charge in [-0.05, 0) is 32.6 Å². The van der Waals surface area contributed by atoms with Crippen LogP contribution in [0.25, 0.3) is 0 Å². The van der Waals surface area contributed by atoms with Crippen molar-refractivity contribution in [2.75, 3.05) is 26.4 Å². The number of carbonyl (C=O) groups is 10. The van der Waals surface area contributed by atoms with E-state index in [9.17, 15) is 53.1 Å². The molecule has 0 rings (SSSR count). The summed E-state index contributed by atoms with van der Waals surface area (Å²) in [5, 5.41) is 150. The van der Waals surface area contributed by atoms with Gasteiger partial charge in [0.05, 0.1) is 57.3 Å². The first kappa shape index (κ1) is 85.4. The van der Waals surface area contributed by atoms with Gasteiger partial charge in [-0.25, -0.2) is 4.79 Å². The summed E-state index contributed by atoms with van der Waals surface area (Å²) in [7, 11) is 0. The standard InChI is InChI=1S/C6H14N4O2.C6H13NO2.C6H8O7.C4H7NO4.C4H9NO3.C3H7NO3.C3H8O3.C3H6O3.Na/c7-4(5(11)12)2-1-3-10-6(8)9;1-3-4(2)5(7)6(8)9;7-3(8)1-6(13,5(11)12)2-4(9)10;5-2(4(8)9)1-3(6)7;1-2(6)3(5)4(7)8;4-2(1-5)3(6)7;4-1-3(6)2-5;1-2(4)3(5)6;/h4H,1-3,7H2,(H,11,12)(H4,8,9,10);4-5H,3,7H2,1-2H3,(H,8,9);13H,1-2H2,(H,7,8)(H,9,10)(H,11,12);2H,1,5H2,(H,6,7)(H,8,9);2-3,6H,5H2,1H3,(H,7,8);2,5H,1,4H2,(H,6,7);3-6H,1-2H2;2,4H,1H3,(H,5,6);/q;;;;;;;;+1/p-1. The van der Waals surface area contributed by atoms with E-state index < -0.39 is 140 Å². The quantitative estimate of drug-likeness (QED) is 0.0196. The smallest absolute Gasteiger partial charge is 0.547 e. The number of carbonyl (C=O) groups excluding carboxylic acids is 1. The number of aliphatic hydroxyl groups excluding tert-OH is 6. The van der Waals surface area contributed by atoms with Gasteiger partial charge in [0.2, 0.25) is 0 Å². The molecule has 0 radical (unpaired) electrons. The van der Waals surface area contributed by atoms with E-state index in [1.54, 1.807) is 0 Å². The first-order chi connectivity index (χ1) is 31.6. The molecule has 8 unspecified atom stereocenters. The molecule has 0 amide bonds. The molecule has 0 aromatic carbocycles.